The molecule has 0 aliphatic rings. The Morgan fingerprint density at radius 1 is 1.03 bits per heavy atom. The van der Waals surface area contributed by atoms with Gasteiger partial charge in [0.25, 0.3) is 5.56 Å². The van der Waals surface area contributed by atoms with Crippen LogP contribution in [-0.2, 0) is 12.3 Å². The molecule has 0 amide bonds. The van der Waals surface area contributed by atoms with Crippen LogP contribution in [0.4, 0.5) is 0 Å². The van der Waals surface area contributed by atoms with Crippen molar-refractivity contribution in [1.82, 2.24) is 34.0 Å². The number of para-hydroxylation sites is 1. The zero-order chi connectivity index (χ0) is 21.5. The molecule has 2 N–H and O–H groups in total. The van der Waals surface area contributed by atoms with Gasteiger partial charge in [-0.05, 0) is 31.2 Å². The molecule has 0 radical (unpaired) electrons. The van der Waals surface area contributed by atoms with Gasteiger partial charge in [-0.15, -0.1) is 20.4 Å². The smallest absolute Gasteiger partial charge is 0.262 e. The van der Waals surface area contributed by atoms with Crippen molar-refractivity contribution in [3.05, 3.63) is 69.2 Å². The van der Waals surface area contributed by atoms with E-state index in [1.54, 1.807) is 4.57 Å². The Bertz CT molecular complexity index is 1490. The standard InChI is InChI=1S/C20H17BrN8OS/c1-2-27-18(30)13-8-4-6-10-15(13)28-16(23-25-19(27)28)11-31-20-26-24-17(29(20)22)12-7-3-5-9-14(12)21/h3-10H,2,11,22H2,1H3. The number of aryl methyl sites for hydroxylation is 1. The fourth-order valence-corrected chi connectivity index (χ4v) is 4.75. The van der Waals surface area contributed by atoms with Crippen LogP contribution in [0.25, 0.3) is 28.1 Å². The SMILES string of the molecule is CCn1c(=O)c2ccccc2n2c(CSc3nnc(-c4ccccc4Br)n3N)nnc12. The number of nitrogens with zero attached hydrogens (tertiary/aromatic N) is 7. The van der Waals surface area contributed by atoms with Crippen LogP contribution in [0, 0.1) is 0 Å². The third-order valence-corrected chi connectivity index (χ3v) is 6.63. The maximum atomic E-state index is 12.8. The molecule has 3 aromatic heterocycles. The van der Waals surface area contributed by atoms with Crippen LogP contribution in [0.5, 0.6) is 0 Å². The van der Waals surface area contributed by atoms with Gasteiger partial charge in [0.2, 0.25) is 10.9 Å². The Morgan fingerprint density at radius 3 is 2.61 bits per heavy atom. The lowest BCUT2D eigenvalue weighted by molar-refractivity contribution is 0.735. The molecule has 0 saturated heterocycles. The van der Waals surface area contributed by atoms with Gasteiger partial charge in [0, 0.05) is 16.6 Å². The summed E-state index contributed by atoms with van der Waals surface area (Å²) in [6.45, 7) is 2.42. The number of benzene rings is 2. The minimum absolute atomic E-state index is 0.0722. The van der Waals surface area contributed by atoms with E-state index in [1.165, 1.54) is 16.4 Å². The predicted molar refractivity (Wildman–Crippen MR) is 123 cm³/mol. The van der Waals surface area contributed by atoms with Gasteiger partial charge in [0.05, 0.1) is 16.7 Å². The van der Waals surface area contributed by atoms with Crippen LogP contribution < -0.4 is 11.4 Å². The van der Waals surface area contributed by atoms with Gasteiger partial charge < -0.3 is 5.84 Å². The van der Waals surface area contributed by atoms with Gasteiger partial charge in [0.15, 0.2) is 5.82 Å². The van der Waals surface area contributed by atoms with Crippen molar-refractivity contribution in [3.8, 4) is 11.4 Å². The maximum Gasteiger partial charge on any atom is 0.262 e. The third-order valence-electron chi connectivity index (χ3n) is 5.00. The topological polar surface area (TPSA) is 109 Å². The highest BCUT2D eigenvalue weighted by Gasteiger charge is 2.18. The van der Waals surface area contributed by atoms with Crippen molar-refractivity contribution >= 4 is 44.4 Å². The Morgan fingerprint density at radius 2 is 1.81 bits per heavy atom. The van der Waals surface area contributed by atoms with Crippen LogP contribution in [0.1, 0.15) is 12.7 Å². The molecule has 11 heteroatoms. The van der Waals surface area contributed by atoms with Crippen LogP contribution >= 0.6 is 27.7 Å². The minimum Gasteiger partial charge on any atom is -0.335 e. The molecule has 0 unspecified atom stereocenters. The first-order valence-corrected chi connectivity index (χ1v) is 11.3. The van der Waals surface area contributed by atoms with E-state index in [4.69, 9.17) is 5.84 Å². The van der Waals surface area contributed by atoms with Crippen molar-refractivity contribution in [1.29, 1.82) is 0 Å². The number of fused-ring (bicyclic) bond motifs is 3. The van der Waals surface area contributed by atoms with E-state index in [2.05, 4.69) is 36.3 Å². The molecule has 0 spiro atoms. The van der Waals surface area contributed by atoms with Crippen molar-refractivity contribution in [2.45, 2.75) is 24.4 Å². The first-order chi connectivity index (χ1) is 15.1. The molecule has 0 saturated carbocycles. The Labute approximate surface area is 189 Å². The van der Waals surface area contributed by atoms with Crippen molar-refractivity contribution in [3.63, 3.8) is 0 Å². The summed E-state index contributed by atoms with van der Waals surface area (Å²) in [7, 11) is 0. The Kier molecular flexibility index (Phi) is 4.98. The first kappa shape index (κ1) is 19.8. The Balaban J connectivity index is 1.54. The second-order valence-corrected chi connectivity index (χ2v) is 8.56. The lowest BCUT2D eigenvalue weighted by atomic mass is 10.2. The van der Waals surface area contributed by atoms with Gasteiger partial charge in [-0.3, -0.25) is 13.8 Å². The number of thioether (sulfide) groups is 1. The fourth-order valence-electron chi connectivity index (χ4n) is 3.52. The molecule has 5 rings (SSSR count). The fraction of sp³-hybridized carbons (Fsp3) is 0.150. The largest absolute Gasteiger partial charge is 0.335 e. The average Bonchev–Trinajstić information content (AvgIpc) is 3.37. The molecule has 31 heavy (non-hydrogen) atoms. The predicted octanol–water partition coefficient (Wildman–Crippen LogP) is 3.09. The summed E-state index contributed by atoms with van der Waals surface area (Å²) >= 11 is 4.93. The number of aromatic nitrogens is 7. The van der Waals surface area contributed by atoms with Crippen molar-refractivity contribution < 1.29 is 0 Å². The maximum absolute atomic E-state index is 12.8. The quantitative estimate of drug-likeness (QED) is 0.294. The number of nitrogen functional groups attached to an aromatic ring is 1. The molecule has 156 valence electrons. The monoisotopic (exact) mass is 496 g/mol. The first-order valence-electron chi connectivity index (χ1n) is 9.54. The second-order valence-electron chi connectivity index (χ2n) is 6.76. The van der Waals surface area contributed by atoms with Gasteiger partial charge in [0.1, 0.15) is 5.82 Å². The molecule has 0 aliphatic carbocycles. The summed E-state index contributed by atoms with van der Waals surface area (Å²) < 4.78 is 5.89. The molecular weight excluding hydrogens is 480 g/mol. The third kappa shape index (κ3) is 3.20. The van der Waals surface area contributed by atoms with Gasteiger partial charge in [-0.1, -0.05) is 52.0 Å². The van der Waals surface area contributed by atoms with E-state index >= 15 is 0 Å². The molecule has 9 nitrogen and oxygen atoms in total. The number of hydrogen-bond acceptors (Lipinski definition) is 7. The summed E-state index contributed by atoms with van der Waals surface area (Å²) in [5, 5.41) is 18.3. The van der Waals surface area contributed by atoms with E-state index in [9.17, 15) is 4.79 Å². The van der Waals surface area contributed by atoms with Crippen LogP contribution in [0.2, 0.25) is 0 Å². The van der Waals surface area contributed by atoms with E-state index in [-0.39, 0.29) is 5.56 Å². The average molecular weight is 497 g/mol. The Hall–Kier alpha value is -3.18. The molecule has 5 aromatic rings. The molecule has 3 heterocycles. The van der Waals surface area contributed by atoms with E-state index < -0.39 is 0 Å². The van der Waals surface area contributed by atoms with Crippen LogP contribution in [0.3, 0.4) is 0 Å². The summed E-state index contributed by atoms with van der Waals surface area (Å²) in [5.41, 5.74) is 1.56. The van der Waals surface area contributed by atoms with Gasteiger partial charge in [-0.2, -0.15) is 0 Å². The number of hydrogen-bond donors (Lipinski definition) is 1. The molecule has 0 atom stereocenters. The lowest BCUT2D eigenvalue weighted by Crippen LogP contribution is -2.22. The lowest BCUT2D eigenvalue weighted by Gasteiger charge is -2.09. The van der Waals surface area contributed by atoms with Crippen LogP contribution in [0.15, 0.2) is 63.0 Å². The number of nitrogens with two attached hydrogens (primary N) is 1. The van der Waals surface area contributed by atoms with E-state index in [0.29, 0.717) is 40.3 Å². The summed E-state index contributed by atoms with van der Waals surface area (Å²) in [6.07, 6.45) is 0. The minimum atomic E-state index is -0.0722. The van der Waals surface area contributed by atoms with Gasteiger partial charge >= 0.3 is 0 Å². The van der Waals surface area contributed by atoms with Crippen molar-refractivity contribution in [2.24, 2.45) is 0 Å². The molecule has 0 fully saturated rings. The van der Waals surface area contributed by atoms with E-state index in [0.717, 1.165) is 15.6 Å². The molecule has 0 bridgehead atoms. The highest BCUT2D eigenvalue weighted by molar-refractivity contribution is 9.10. The number of halogens is 1. The summed E-state index contributed by atoms with van der Waals surface area (Å²) in [5.74, 6) is 8.51. The van der Waals surface area contributed by atoms with Gasteiger partial charge in [-0.25, -0.2) is 4.68 Å². The molecule has 0 aliphatic heterocycles. The molecular formula is C20H17BrN8OS. The highest BCUT2D eigenvalue weighted by Crippen LogP contribution is 2.29. The number of rotatable bonds is 5. The second kappa shape index (κ2) is 7.82. The van der Waals surface area contributed by atoms with E-state index in [1.807, 2.05) is 59.9 Å². The zero-order valence-corrected chi connectivity index (χ0v) is 18.8. The zero-order valence-electron chi connectivity index (χ0n) is 16.4. The van der Waals surface area contributed by atoms with Crippen molar-refractivity contribution in [2.75, 3.05) is 5.84 Å². The van der Waals surface area contributed by atoms with Crippen LogP contribution in [-0.4, -0.2) is 34.0 Å². The highest BCUT2D eigenvalue weighted by atomic mass is 79.9. The molecule has 2 aromatic carbocycles. The normalized spacial score (nSPS) is 11.5. The summed E-state index contributed by atoms with van der Waals surface area (Å²) in [4.78, 5) is 12.8. The summed E-state index contributed by atoms with van der Waals surface area (Å²) in [6, 6.07) is 15.2.